The van der Waals surface area contributed by atoms with Gasteiger partial charge < -0.3 is 9.80 Å². The Bertz CT molecular complexity index is 491. The minimum atomic E-state index is -0.319. The smallest absolute Gasteiger partial charge is 0.232 e. The molecule has 1 aromatic rings. The standard InChI is InChI=1S/C14H21N5O2/c1-18(2)7-4-8-19-10-11(9-12(19)20)13(21)17-14-15-5-3-6-16-14/h3,5-6,11H,4,7-10H2,1-2H3,(H,15,16,17,21). The molecule has 1 atom stereocenters. The maximum atomic E-state index is 12.1. The summed E-state index contributed by atoms with van der Waals surface area (Å²) in [7, 11) is 4.00. The highest BCUT2D eigenvalue weighted by Gasteiger charge is 2.34. The van der Waals surface area contributed by atoms with E-state index < -0.39 is 0 Å². The largest absolute Gasteiger partial charge is 0.342 e. The summed E-state index contributed by atoms with van der Waals surface area (Å²) in [6.07, 6.45) is 4.31. The number of nitrogens with zero attached hydrogens (tertiary/aromatic N) is 4. The van der Waals surface area contributed by atoms with Crippen molar-refractivity contribution in [3.63, 3.8) is 0 Å². The second-order valence-electron chi connectivity index (χ2n) is 5.46. The van der Waals surface area contributed by atoms with Gasteiger partial charge in [0.25, 0.3) is 0 Å². The van der Waals surface area contributed by atoms with Gasteiger partial charge in [-0.2, -0.15) is 0 Å². The number of anilines is 1. The van der Waals surface area contributed by atoms with E-state index in [9.17, 15) is 9.59 Å². The van der Waals surface area contributed by atoms with E-state index in [0.29, 0.717) is 13.1 Å². The zero-order valence-corrected chi connectivity index (χ0v) is 12.5. The third kappa shape index (κ3) is 4.49. The average molecular weight is 291 g/mol. The second-order valence-corrected chi connectivity index (χ2v) is 5.46. The Morgan fingerprint density at radius 2 is 2.14 bits per heavy atom. The molecule has 1 aromatic heterocycles. The molecule has 0 aliphatic carbocycles. The van der Waals surface area contributed by atoms with Gasteiger partial charge in [0.05, 0.1) is 5.92 Å². The van der Waals surface area contributed by atoms with Gasteiger partial charge in [-0.15, -0.1) is 0 Å². The van der Waals surface area contributed by atoms with Gasteiger partial charge in [-0.1, -0.05) is 0 Å². The molecule has 1 aliphatic rings. The number of carbonyl (C=O) groups excluding carboxylic acids is 2. The monoisotopic (exact) mass is 291 g/mol. The van der Waals surface area contributed by atoms with E-state index in [1.54, 1.807) is 23.4 Å². The molecular formula is C14H21N5O2. The number of aromatic nitrogens is 2. The third-order valence-corrected chi connectivity index (χ3v) is 3.42. The van der Waals surface area contributed by atoms with E-state index >= 15 is 0 Å². The molecule has 1 N–H and O–H groups in total. The molecule has 1 unspecified atom stereocenters. The summed E-state index contributed by atoms with van der Waals surface area (Å²) in [5, 5.41) is 2.65. The molecule has 0 radical (unpaired) electrons. The summed E-state index contributed by atoms with van der Waals surface area (Å²) in [5.41, 5.74) is 0. The number of amides is 2. The van der Waals surface area contributed by atoms with Crippen LogP contribution in [0.4, 0.5) is 5.95 Å². The fourth-order valence-electron chi connectivity index (χ4n) is 2.32. The molecule has 2 amide bonds. The average Bonchev–Trinajstić information content (AvgIpc) is 2.81. The first-order chi connectivity index (χ1) is 10.1. The second kappa shape index (κ2) is 7.12. The Kier molecular flexibility index (Phi) is 5.21. The van der Waals surface area contributed by atoms with Crippen LogP contribution in [0.1, 0.15) is 12.8 Å². The zero-order valence-electron chi connectivity index (χ0n) is 12.5. The predicted octanol–water partition coefficient (Wildman–Crippen LogP) is 0.215. The Hall–Kier alpha value is -2.02. The van der Waals surface area contributed by atoms with Gasteiger partial charge in [-0.05, 0) is 33.1 Å². The van der Waals surface area contributed by atoms with Crippen LogP contribution in [0.5, 0.6) is 0 Å². The number of nitrogens with one attached hydrogen (secondary N) is 1. The first-order valence-corrected chi connectivity index (χ1v) is 7.06. The number of likely N-dealkylation sites (tertiary alicyclic amines) is 1. The maximum absolute atomic E-state index is 12.1. The molecule has 1 fully saturated rings. The van der Waals surface area contributed by atoms with Gasteiger partial charge in [0.15, 0.2) is 0 Å². The van der Waals surface area contributed by atoms with Crippen molar-refractivity contribution in [2.75, 3.05) is 39.0 Å². The SMILES string of the molecule is CN(C)CCCN1CC(C(=O)Nc2ncccn2)CC1=O. The Balaban J connectivity index is 1.82. The van der Waals surface area contributed by atoms with Gasteiger partial charge in [-0.3, -0.25) is 14.9 Å². The summed E-state index contributed by atoms with van der Waals surface area (Å²) in [5.74, 6) is -0.186. The third-order valence-electron chi connectivity index (χ3n) is 3.42. The van der Waals surface area contributed by atoms with Crippen LogP contribution in [0.25, 0.3) is 0 Å². The highest BCUT2D eigenvalue weighted by atomic mass is 16.2. The highest BCUT2D eigenvalue weighted by Crippen LogP contribution is 2.19. The van der Waals surface area contributed by atoms with Crippen molar-refractivity contribution >= 4 is 17.8 Å². The van der Waals surface area contributed by atoms with Crippen molar-refractivity contribution in [2.24, 2.45) is 5.92 Å². The Morgan fingerprint density at radius 3 is 2.81 bits per heavy atom. The summed E-state index contributed by atoms with van der Waals surface area (Å²) in [4.78, 5) is 35.8. The van der Waals surface area contributed by atoms with Crippen molar-refractivity contribution in [3.05, 3.63) is 18.5 Å². The van der Waals surface area contributed by atoms with Gasteiger partial charge in [0.1, 0.15) is 0 Å². The van der Waals surface area contributed by atoms with E-state index in [-0.39, 0.29) is 30.1 Å². The molecule has 0 bridgehead atoms. The van der Waals surface area contributed by atoms with Crippen molar-refractivity contribution in [3.8, 4) is 0 Å². The first-order valence-electron chi connectivity index (χ1n) is 7.06. The summed E-state index contributed by atoms with van der Waals surface area (Å²) in [6.45, 7) is 2.10. The van der Waals surface area contributed by atoms with Gasteiger partial charge in [-0.25, -0.2) is 9.97 Å². The summed E-state index contributed by atoms with van der Waals surface area (Å²) < 4.78 is 0. The lowest BCUT2D eigenvalue weighted by Crippen LogP contribution is -2.30. The van der Waals surface area contributed by atoms with Crippen molar-refractivity contribution < 1.29 is 9.59 Å². The topological polar surface area (TPSA) is 78.4 Å². The van der Waals surface area contributed by atoms with Crippen molar-refractivity contribution in [1.82, 2.24) is 19.8 Å². The molecule has 2 heterocycles. The predicted molar refractivity (Wildman–Crippen MR) is 78.5 cm³/mol. The Morgan fingerprint density at radius 1 is 1.43 bits per heavy atom. The van der Waals surface area contributed by atoms with Crippen LogP contribution in [0.2, 0.25) is 0 Å². The number of hydrogen-bond acceptors (Lipinski definition) is 5. The van der Waals surface area contributed by atoms with Crippen LogP contribution in [0.15, 0.2) is 18.5 Å². The molecular weight excluding hydrogens is 270 g/mol. The van der Waals surface area contributed by atoms with Crippen molar-refractivity contribution in [1.29, 1.82) is 0 Å². The lowest BCUT2D eigenvalue weighted by atomic mass is 10.1. The van der Waals surface area contributed by atoms with Gasteiger partial charge in [0, 0.05) is 31.9 Å². The lowest BCUT2D eigenvalue weighted by Gasteiger charge is -2.17. The lowest BCUT2D eigenvalue weighted by molar-refractivity contribution is -0.128. The number of rotatable bonds is 6. The molecule has 21 heavy (non-hydrogen) atoms. The molecule has 1 aliphatic heterocycles. The number of carbonyl (C=O) groups is 2. The molecule has 7 nitrogen and oxygen atoms in total. The summed E-state index contributed by atoms with van der Waals surface area (Å²) in [6, 6.07) is 1.68. The van der Waals surface area contributed by atoms with Gasteiger partial charge >= 0.3 is 0 Å². The van der Waals surface area contributed by atoms with E-state index in [2.05, 4.69) is 20.2 Å². The van der Waals surface area contributed by atoms with E-state index in [1.165, 1.54) is 0 Å². The fourth-order valence-corrected chi connectivity index (χ4v) is 2.32. The fraction of sp³-hybridized carbons (Fsp3) is 0.571. The number of hydrogen-bond donors (Lipinski definition) is 1. The van der Waals surface area contributed by atoms with Crippen molar-refractivity contribution in [2.45, 2.75) is 12.8 Å². The van der Waals surface area contributed by atoms with Crippen LogP contribution in [0.3, 0.4) is 0 Å². The van der Waals surface area contributed by atoms with Crippen LogP contribution in [-0.2, 0) is 9.59 Å². The molecule has 0 saturated carbocycles. The normalized spacial score (nSPS) is 18.3. The van der Waals surface area contributed by atoms with E-state index in [1.807, 2.05) is 14.1 Å². The molecule has 0 spiro atoms. The molecule has 7 heteroatoms. The van der Waals surface area contributed by atoms with Crippen LogP contribution in [0, 0.1) is 5.92 Å². The van der Waals surface area contributed by atoms with Crippen LogP contribution >= 0.6 is 0 Å². The molecule has 1 saturated heterocycles. The zero-order chi connectivity index (χ0) is 15.2. The van der Waals surface area contributed by atoms with E-state index in [0.717, 1.165) is 13.0 Å². The van der Waals surface area contributed by atoms with Gasteiger partial charge in [0.2, 0.25) is 17.8 Å². The minimum Gasteiger partial charge on any atom is -0.342 e. The van der Waals surface area contributed by atoms with Crippen LogP contribution < -0.4 is 5.32 Å². The Labute approximate surface area is 124 Å². The minimum absolute atomic E-state index is 0.0443. The first kappa shape index (κ1) is 15.4. The highest BCUT2D eigenvalue weighted by molar-refractivity contribution is 5.96. The summed E-state index contributed by atoms with van der Waals surface area (Å²) >= 11 is 0. The molecule has 2 rings (SSSR count). The molecule has 0 aromatic carbocycles. The maximum Gasteiger partial charge on any atom is 0.232 e. The quantitative estimate of drug-likeness (QED) is 0.811. The van der Waals surface area contributed by atoms with E-state index in [4.69, 9.17) is 0 Å². The van der Waals surface area contributed by atoms with Crippen LogP contribution in [-0.4, -0.2) is 65.3 Å². The molecule has 114 valence electrons.